The van der Waals surface area contributed by atoms with Gasteiger partial charge in [0.2, 0.25) is 0 Å². The fourth-order valence-corrected chi connectivity index (χ4v) is 1.77. The molecule has 4 nitrogen and oxygen atoms in total. The Balaban J connectivity index is 2.55. The molecule has 0 aliphatic heterocycles. The maximum absolute atomic E-state index is 11.1. The lowest BCUT2D eigenvalue weighted by Crippen LogP contribution is -2.27. The number of rotatable bonds is 8. The summed E-state index contributed by atoms with van der Waals surface area (Å²) >= 11 is 0. The van der Waals surface area contributed by atoms with Gasteiger partial charge in [-0.05, 0) is 18.4 Å². The van der Waals surface area contributed by atoms with E-state index in [0.717, 1.165) is 5.56 Å². The van der Waals surface area contributed by atoms with E-state index in [1.54, 1.807) is 5.94 Å². The van der Waals surface area contributed by atoms with E-state index in [1.807, 2.05) is 37.3 Å². The van der Waals surface area contributed by atoms with Crippen molar-refractivity contribution in [2.75, 3.05) is 6.61 Å². The number of hydrogen-bond donors (Lipinski definition) is 1. The van der Waals surface area contributed by atoms with Crippen molar-refractivity contribution in [1.29, 1.82) is 0 Å². The smallest absolute Gasteiger partial charge is 0.337 e. The number of carbonyl (C=O) groups excluding carboxylic acids is 1. The van der Waals surface area contributed by atoms with Crippen LogP contribution in [0.15, 0.2) is 35.9 Å². The number of carbonyl (C=O) groups is 1. The number of ether oxygens (including phenoxy) is 1. The highest BCUT2D eigenvalue weighted by molar-refractivity contribution is 5.80. The fourth-order valence-electron chi connectivity index (χ4n) is 1.77. The molecule has 1 atom stereocenters. The molecule has 0 aliphatic carbocycles. The summed E-state index contributed by atoms with van der Waals surface area (Å²) in [5.74, 6) is 0.555. The average molecular weight is 262 g/mol. The molecule has 19 heavy (non-hydrogen) atoms. The summed E-state index contributed by atoms with van der Waals surface area (Å²) in [4.78, 5) is 21.9. The van der Waals surface area contributed by atoms with Crippen LogP contribution >= 0.6 is 0 Å². The third kappa shape index (κ3) is 5.08. The third-order valence-corrected chi connectivity index (χ3v) is 2.71. The van der Waals surface area contributed by atoms with Crippen LogP contribution in [0.5, 0.6) is 0 Å². The third-order valence-electron chi connectivity index (χ3n) is 2.71. The quantitative estimate of drug-likeness (QED) is 0.730. The summed E-state index contributed by atoms with van der Waals surface area (Å²) in [6.45, 7) is 2.14. The summed E-state index contributed by atoms with van der Waals surface area (Å²) in [6, 6.07) is 9.64. The Kier molecular flexibility index (Phi) is 6.58. The van der Waals surface area contributed by atoms with E-state index in [-0.39, 0.29) is 12.2 Å². The van der Waals surface area contributed by atoms with Crippen molar-refractivity contribution in [2.45, 2.75) is 32.3 Å². The van der Waals surface area contributed by atoms with E-state index in [9.17, 15) is 9.59 Å². The predicted octanol–water partition coefficient (Wildman–Crippen LogP) is 2.26. The maximum atomic E-state index is 11.1. The maximum Gasteiger partial charge on any atom is 0.337 e. The van der Waals surface area contributed by atoms with Crippen LogP contribution in [0.3, 0.4) is 0 Å². The van der Waals surface area contributed by atoms with Gasteiger partial charge >= 0.3 is 5.97 Å². The highest BCUT2D eigenvalue weighted by Gasteiger charge is 2.23. The molecule has 1 N–H and O–H groups in total. The van der Waals surface area contributed by atoms with Crippen LogP contribution in [0.1, 0.15) is 25.3 Å². The molecule has 0 saturated carbocycles. The highest BCUT2D eigenvalue weighted by atomic mass is 16.5. The van der Waals surface area contributed by atoms with Crippen LogP contribution in [0.2, 0.25) is 0 Å². The van der Waals surface area contributed by atoms with Crippen molar-refractivity contribution in [3.8, 4) is 0 Å². The van der Waals surface area contributed by atoms with Crippen molar-refractivity contribution in [2.24, 2.45) is 0 Å². The molecule has 4 heteroatoms. The summed E-state index contributed by atoms with van der Waals surface area (Å²) < 4.78 is 5.31. The van der Waals surface area contributed by atoms with Crippen LogP contribution < -0.4 is 0 Å². The molecule has 1 rings (SSSR count). The van der Waals surface area contributed by atoms with Gasteiger partial charge < -0.3 is 9.84 Å². The zero-order chi connectivity index (χ0) is 14.1. The Morgan fingerprint density at radius 1 is 1.37 bits per heavy atom. The second-order valence-electron chi connectivity index (χ2n) is 4.20. The standard InChI is InChI=1S/C15H18O4/c1-2-6-13(11-16)14(15(17)18)19-10-9-12-7-4-3-5-8-12/h3-5,7-8,14H,2,6,9-10H2,1H3,(H,17,18). The van der Waals surface area contributed by atoms with Crippen LogP contribution in [0, 0.1) is 0 Å². The first kappa shape index (κ1) is 15.2. The zero-order valence-corrected chi connectivity index (χ0v) is 11.0. The molecule has 0 saturated heterocycles. The molecule has 1 aromatic carbocycles. The largest absolute Gasteiger partial charge is 0.479 e. The van der Waals surface area contributed by atoms with Crippen molar-refractivity contribution < 1.29 is 19.4 Å². The van der Waals surface area contributed by atoms with E-state index >= 15 is 0 Å². The lowest BCUT2D eigenvalue weighted by atomic mass is 10.1. The van der Waals surface area contributed by atoms with Gasteiger partial charge in [-0.3, -0.25) is 0 Å². The Hall–Kier alpha value is -1.90. The molecule has 0 amide bonds. The number of carboxylic acids is 1. The Morgan fingerprint density at radius 3 is 2.58 bits per heavy atom. The van der Waals surface area contributed by atoms with Gasteiger partial charge in [-0.25, -0.2) is 9.59 Å². The van der Waals surface area contributed by atoms with E-state index in [1.165, 1.54) is 0 Å². The molecule has 102 valence electrons. The lowest BCUT2D eigenvalue weighted by molar-refractivity contribution is -0.147. The molecular weight excluding hydrogens is 244 g/mol. The van der Waals surface area contributed by atoms with Gasteiger partial charge in [0, 0.05) is 0 Å². The number of hydrogen-bond acceptors (Lipinski definition) is 3. The Morgan fingerprint density at radius 2 is 2.05 bits per heavy atom. The van der Waals surface area contributed by atoms with Crippen LogP contribution in [-0.4, -0.2) is 29.7 Å². The second kappa shape index (κ2) is 8.25. The fraction of sp³-hybridized carbons (Fsp3) is 0.400. The van der Waals surface area contributed by atoms with E-state index < -0.39 is 12.1 Å². The van der Waals surface area contributed by atoms with Gasteiger partial charge in [0.15, 0.2) is 6.10 Å². The molecule has 0 bridgehead atoms. The van der Waals surface area contributed by atoms with Crippen LogP contribution in [0.4, 0.5) is 0 Å². The average Bonchev–Trinajstić information content (AvgIpc) is 2.42. The summed E-state index contributed by atoms with van der Waals surface area (Å²) in [7, 11) is 0. The second-order valence-corrected chi connectivity index (χ2v) is 4.20. The minimum absolute atomic E-state index is 0.170. The lowest BCUT2D eigenvalue weighted by Gasteiger charge is -2.14. The molecule has 0 heterocycles. The van der Waals surface area contributed by atoms with Gasteiger partial charge in [-0.2, -0.15) is 0 Å². The van der Waals surface area contributed by atoms with Gasteiger partial charge in [0.05, 0.1) is 12.2 Å². The summed E-state index contributed by atoms with van der Waals surface area (Å²) in [5.41, 5.74) is 1.24. The molecule has 0 spiro atoms. The summed E-state index contributed by atoms with van der Waals surface area (Å²) in [6.07, 6.45) is 0.520. The van der Waals surface area contributed by atoms with Gasteiger partial charge in [-0.1, -0.05) is 43.7 Å². The predicted molar refractivity (Wildman–Crippen MR) is 71.6 cm³/mol. The monoisotopic (exact) mass is 262 g/mol. The molecule has 1 unspecified atom stereocenters. The molecule has 1 aromatic rings. The topological polar surface area (TPSA) is 63.6 Å². The van der Waals surface area contributed by atoms with Gasteiger partial charge in [0.25, 0.3) is 0 Å². The minimum atomic E-state index is -1.18. The Bertz CT molecular complexity index is 446. The zero-order valence-electron chi connectivity index (χ0n) is 11.0. The van der Waals surface area contributed by atoms with Crippen LogP contribution in [0.25, 0.3) is 0 Å². The minimum Gasteiger partial charge on any atom is -0.479 e. The van der Waals surface area contributed by atoms with Gasteiger partial charge in [-0.15, -0.1) is 0 Å². The highest BCUT2D eigenvalue weighted by Crippen LogP contribution is 2.12. The molecular formula is C15H18O4. The normalized spacial score (nSPS) is 11.6. The summed E-state index contributed by atoms with van der Waals surface area (Å²) in [5, 5.41) is 9.07. The SMILES string of the molecule is CCCC(=C=O)C(OCCc1ccccc1)C(=O)O. The molecule has 0 fully saturated rings. The van der Waals surface area contributed by atoms with Gasteiger partial charge in [0.1, 0.15) is 5.94 Å². The van der Waals surface area contributed by atoms with Crippen molar-refractivity contribution in [3.63, 3.8) is 0 Å². The molecule has 0 radical (unpaired) electrons. The van der Waals surface area contributed by atoms with E-state index in [0.29, 0.717) is 19.3 Å². The first-order valence-corrected chi connectivity index (χ1v) is 6.31. The number of aliphatic carboxylic acids is 1. The Labute approximate surface area is 112 Å². The molecule has 0 aromatic heterocycles. The van der Waals surface area contributed by atoms with Crippen LogP contribution in [-0.2, 0) is 20.7 Å². The number of benzene rings is 1. The van der Waals surface area contributed by atoms with Crippen molar-refractivity contribution >= 4 is 11.9 Å². The van der Waals surface area contributed by atoms with E-state index in [2.05, 4.69) is 0 Å². The number of carboxylic acid groups (broad SMARTS) is 1. The first-order chi connectivity index (χ1) is 9.19. The first-order valence-electron chi connectivity index (χ1n) is 6.31. The molecule has 0 aliphatic rings. The van der Waals surface area contributed by atoms with E-state index in [4.69, 9.17) is 9.84 Å². The van der Waals surface area contributed by atoms with Crippen molar-refractivity contribution in [3.05, 3.63) is 41.5 Å². The van der Waals surface area contributed by atoms with Crippen molar-refractivity contribution in [1.82, 2.24) is 0 Å².